The zero-order valence-electron chi connectivity index (χ0n) is 8.78. The molecule has 0 aliphatic heterocycles. The summed E-state index contributed by atoms with van der Waals surface area (Å²) >= 11 is 0. The second kappa shape index (κ2) is 8.76. The fraction of sp³-hybridized carbons (Fsp3) is 0. The molecule has 0 unspecified atom stereocenters. The Labute approximate surface area is 92.7 Å². The number of hydrogen-bond donors (Lipinski definition) is 3. The van der Waals surface area contributed by atoms with Crippen molar-refractivity contribution >= 4 is 16.4 Å². The Morgan fingerprint density at radius 3 is 1.56 bits per heavy atom. The molecule has 0 fully saturated rings. The summed E-state index contributed by atoms with van der Waals surface area (Å²) in [7, 11) is -5.17. The number of carboxylic acids is 1. The lowest BCUT2D eigenvalue weighted by Gasteiger charge is -2.06. The van der Waals surface area contributed by atoms with Gasteiger partial charge in [0.1, 0.15) is 0 Å². The topological polar surface area (TPSA) is 191 Å². The normalized spacial score (nSPS) is 8.62. The van der Waals surface area contributed by atoms with E-state index in [-0.39, 0.29) is 12.3 Å². The van der Waals surface area contributed by atoms with Crippen LogP contribution in [0.3, 0.4) is 0 Å². The molecule has 1 aromatic rings. The van der Waals surface area contributed by atoms with Gasteiger partial charge in [-0.15, -0.1) is 0 Å². The van der Waals surface area contributed by atoms with Gasteiger partial charge in [-0.05, 0) is 12.1 Å². The first-order valence-electron chi connectivity index (χ1n) is 3.26. The van der Waals surface area contributed by atoms with E-state index < -0.39 is 16.4 Å². The minimum atomic E-state index is -5.17. The molecule has 0 aliphatic carbocycles. The fourth-order valence-corrected chi connectivity index (χ4v) is 0.581. The van der Waals surface area contributed by atoms with E-state index in [9.17, 15) is 4.79 Å². The van der Waals surface area contributed by atoms with E-state index in [1.807, 2.05) is 0 Å². The van der Waals surface area contributed by atoms with E-state index in [0.717, 1.165) is 0 Å². The molecule has 0 amide bonds. The van der Waals surface area contributed by atoms with Gasteiger partial charge in [-0.25, -0.2) is 4.79 Å². The van der Waals surface area contributed by atoms with Crippen LogP contribution < -0.4 is 12.3 Å². The fourth-order valence-electron chi connectivity index (χ4n) is 0.581. The molecule has 0 radical (unpaired) electrons. The van der Waals surface area contributed by atoms with Crippen LogP contribution in [0.15, 0.2) is 30.3 Å². The highest BCUT2D eigenvalue weighted by Crippen LogP contribution is 1.96. The van der Waals surface area contributed by atoms with E-state index in [4.69, 9.17) is 22.6 Å². The third kappa shape index (κ3) is 15.0. The SMILES string of the molecule is O=C(O)c1ccccc1.O=S(=O)([O-])[O-].[NH4+].[NH4+]. The van der Waals surface area contributed by atoms with E-state index in [0.29, 0.717) is 5.56 Å². The van der Waals surface area contributed by atoms with E-state index in [2.05, 4.69) is 0 Å². The molecule has 0 spiro atoms. The smallest absolute Gasteiger partial charge is 0.335 e. The second-order valence-electron chi connectivity index (χ2n) is 2.08. The van der Waals surface area contributed by atoms with E-state index in [1.165, 1.54) is 0 Å². The molecule has 0 aromatic heterocycles. The third-order valence-corrected chi connectivity index (χ3v) is 1.02. The lowest BCUT2D eigenvalue weighted by atomic mass is 10.2. The van der Waals surface area contributed by atoms with Crippen LogP contribution in [0.5, 0.6) is 0 Å². The molecular weight excluding hydrogens is 240 g/mol. The lowest BCUT2D eigenvalue weighted by molar-refractivity contribution is 0.0697. The summed E-state index contributed by atoms with van der Waals surface area (Å²) in [6.45, 7) is 0. The maximum atomic E-state index is 10.2. The standard InChI is InChI=1S/C7H6O2.2H3N.H2O4S/c8-7(9)6-4-2-1-3-5-6;;;1-5(2,3)4/h1-5H,(H,8,9);2*1H3;(H2,1,2,3,4). The molecule has 94 valence electrons. The summed E-state index contributed by atoms with van der Waals surface area (Å²) in [5.74, 6) is -0.879. The van der Waals surface area contributed by atoms with Gasteiger partial charge < -0.3 is 26.5 Å². The highest BCUT2D eigenvalue weighted by Gasteiger charge is 1.96. The minimum Gasteiger partial charge on any atom is -0.759 e. The molecule has 0 atom stereocenters. The molecule has 0 saturated carbocycles. The Bertz CT molecular complexity index is 383. The zero-order chi connectivity index (χ0) is 11.2. The molecule has 0 heterocycles. The van der Waals surface area contributed by atoms with Crippen molar-refractivity contribution in [3.05, 3.63) is 35.9 Å². The minimum absolute atomic E-state index is 0. The molecule has 9 heteroatoms. The largest absolute Gasteiger partial charge is 0.759 e. The number of carbonyl (C=O) groups is 1. The molecule has 1 aromatic carbocycles. The van der Waals surface area contributed by atoms with Crippen molar-refractivity contribution in [3.63, 3.8) is 0 Å². The second-order valence-corrected chi connectivity index (χ2v) is 2.90. The van der Waals surface area contributed by atoms with E-state index >= 15 is 0 Å². The van der Waals surface area contributed by atoms with Crippen LogP contribution in [0.1, 0.15) is 10.4 Å². The van der Waals surface area contributed by atoms with Gasteiger partial charge in [0.15, 0.2) is 0 Å². The Morgan fingerprint density at radius 2 is 1.38 bits per heavy atom. The van der Waals surface area contributed by atoms with Crippen LogP contribution in [0.25, 0.3) is 0 Å². The average Bonchev–Trinajstić information content (AvgIpc) is 2.03. The molecule has 1 rings (SSSR count). The van der Waals surface area contributed by atoms with Crippen LogP contribution in [-0.2, 0) is 10.4 Å². The van der Waals surface area contributed by atoms with E-state index in [1.54, 1.807) is 30.3 Å². The first kappa shape index (κ1) is 20.0. The number of benzene rings is 1. The van der Waals surface area contributed by atoms with Crippen LogP contribution in [0.2, 0.25) is 0 Å². The number of carboxylic acid groups (broad SMARTS) is 1. The summed E-state index contributed by atoms with van der Waals surface area (Å²) in [6.07, 6.45) is 0. The summed E-state index contributed by atoms with van der Waals surface area (Å²) in [5, 5.41) is 8.38. The maximum Gasteiger partial charge on any atom is 0.335 e. The first-order valence-corrected chi connectivity index (χ1v) is 4.59. The van der Waals surface area contributed by atoms with Gasteiger partial charge in [0, 0.05) is 10.4 Å². The van der Waals surface area contributed by atoms with Crippen LogP contribution in [0.4, 0.5) is 0 Å². The van der Waals surface area contributed by atoms with Gasteiger partial charge in [-0.2, -0.15) is 0 Å². The predicted molar refractivity (Wildman–Crippen MR) is 55.8 cm³/mol. The van der Waals surface area contributed by atoms with Crippen molar-refractivity contribution in [2.24, 2.45) is 0 Å². The molecular formula is C7H14N2O6S. The van der Waals surface area contributed by atoms with Crippen molar-refractivity contribution < 1.29 is 27.4 Å². The quantitative estimate of drug-likeness (QED) is 0.489. The molecule has 16 heavy (non-hydrogen) atoms. The van der Waals surface area contributed by atoms with Gasteiger partial charge in [-0.3, -0.25) is 8.42 Å². The highest BCUT2D eigenvalue weighted by molar-refractivity contribution is 7.79. The third-order valence-electron chi connectivity index (χ3n) is 1.02. The molecule has 0 aliphatic rings. The van der Waals surface area contributed by atoms with Gasteiger partial charge >= 0.3 is 5.97 Å². The zero-order valence-corrected chi connectivity index (χ0v) is 9.60. The monoisotopic (exact) mass is 254 g/mol. The lowest BCUT2D eigenvalue weighted by Crippen LogP contribution is -1.93. The summed E-state index contributed by atoms with van der Waals surface area (Å²) in [6, 6.07) is 8.30. The summed E-state index contributed by atoms with van der Waals surface area (Å²) in [5.41, 5.74) is 0.331. The number of aromatic carboxylic acids is 1. The van der Waals surface area contributed by atoms with Crippen molar-refractivity contribution in [1.82, 2.24) is 12.3 Å². The Hall–Kier alpha value is -1.52. The number of hydrogen-bond acceptors (Lipinski definition) is 5. The summed E-state index contributed by atoms with van der Waals surface area (Å²) < 4.78 is 34.1. The molecule has 8 nitrogen and oxygen atoms in total. The number of quaternary nitrogens is 2. The van der Waals surface area contributed by atoms with Crippen LogP contribution in [0, 0.1) is 0 Å². The van der Waals surface area contributed by atoms with Gasteiger partial charge in [0.05, 0.1) is 5.56 Å². The van der Waals surface area contributed by atoms with Gasteiger partial charge in [0.2, 0.25) is 0 Å². The van der Waals surface area contributed by atoms with Crippen molar-refractivity contribution in [2.45, 2.75) is 0 Å². The van der Waals surface area contributed by atoms with Gasteiger partial charge in [-0.1, -0.05) is 18.2 Å². The van der Waals surface area contributed by atoms with Crippen molar-refractivity contribution in [2.75, 3.05) is 0 Å². The first-order chi connectivity index (χ1) is 6.30. The predicted octanol–water partition coefficient (Wildman–Crippen LogP) is 0.799. The Morgan fingerprint density at radius 1 is 1.06 bits per heavy atom. The Kier molecular flexibility index (Phi) is 10.9. The molecule has 0 bridgehead atoms. The van der Waals surface area contributed by atoms with Crippen LogP contribution in [-0.4, -0.2) is 28.6 Å². The molecule has 0 saturated heterocycles. The van der Waals surface area contributed by atoms with Crippen molar-refractivity contribution in [3.8, 4) is 0 Å². The van der Waals surface area contributed by atoms with Crippen molar-refractivity contribution in [1.29, 1.82) is 0 Å². The van der Waals surface area contributed by atoms with Crippen LogP contribution >= 0.6 is 0 Å². The average molecular weight is 254 g/mol. The Balaban J connectivity index is -0.000000214. The number of rotatable bonds is 1. The molecule has 9 N–H and O–H groups in total. The summed E-state index contributed by atoms with van der Waals surface area (Å²) in [4.78, 5) is 10.2. The maximum absolute atomic E-state index is 10.2. The van der Waals surface area contributed by atoms with Gasteiger partial charge in [0.25, 0.3) is 0 Å². The highest BCUT2D eigenvalue weighted by atomic mass is 32.3.